The quantitative estimate of drug-likeness (QED) is 0.648. The van der Waals surface area contributed by atoms with Gasteiger partial charge in [0.2, 0.25) is 0 Å². The topological polar surface area (TPSA) is 30.7 Å². The van der Waals surface area contributed by atoms with E-state index in [1.165, 1.54) is 16.6 Å². The van der Waals surface area contributed by atoms with Crippen molar-refractivity contribution in [2.24, 2.45) is 0 Å². The summed E-state index contributed by atoms with van der Waals surface area (Å²) in [6.45, 7) is 7.20. The molecule has 2 heterocycles. The first-order chi connectivity index (χ1) is 11.2. The molecule has 0 aliphatic carbocycles. The van der Waals surface area contributed by atoms with E-state index < -0.39 is 0 Å². The second kappa shape index (κ2) is 6.61. The zero-order valence-corrected chi connectivity index (χ0v) is 13.8. The fourth-order valence-corrected chi connectivity index (χ4v) is 2.81. The van der Waals surface area contributed by atoms with Crippen molar-refractivity contribution in [1.82, 2.24) is 14.8 Å². The van der Waals surface area contributed by atoms with Gasteiger partial charge in [-0.15, -0.1) is 5.10 Å². The second-order valence-corrected chi connectivity index (χ2v) is 5.63. The van der Waals surface area contributed by atoms with E-state index in [1.54, 1.807) is 0 Å². The number of aromatic nitrogens is 3. The van der Waals surface area contributed by atoms with E-state index in [1.807, 2.05) is 31.3 Å². The van der Waals surface area contributed by atoms with Crippen LogP contribution >= 0.6 is 0 Å². The van der Waals surface area contributed by atoms with Crippen LogP contribution in [0.1, 0.15) is 29.4 Å². The van der Waals surface area contributed by atoms with Crippen LogP contribution in [0.2, 0.25) is 0 Å². The number of fused-ring (bicyclic) bond motifs is 1. The molecule has 116 valence electrons. The Morgan fingerprint density at radius 3 is 2.61 bits per heavy atom. The van der Waals surface area contributed by atoms with Crippen LogP contribution in [0.3, 0.4) is 0 Å². The van der Waals surface area contributed by atoms with Gasteiger partial charge < -0.3 is 4.57 Å². The normalized spacial score (nSPS) is 12.0. The Morgan fingerprint density at radius 1 is 1.09 bits per heavy atom. The van der Waals surface area contributed by atoms with Crippen molar-refractivity contribution < 1.29 is 0 Å². The van der Waals surface area contributed by atoms with E-state index >= 15 is 0 Å². The molecule has 3 aromatic rings. The van der Waals surface area contributed by atoms with Gasteiger partial charge >= 0.3 is 0 Å². The van der Waals surface area contributed by atoms with Crippen molar-refractivity contribution in [3.05, 3.63) is 71.2 Å². The fourth-order valence-electron chi connectivity index (χ4n) is 2.81. The summed E-state index contributed by atoms with van der Waals surface area (Å²) in [7, 11) is 0. The maximum atomic E-state index is 4.36. The minimum Gasteiger partial charge on any atom is -0.339 e. The van der Waals surface area contributed by atoms with Crippen LogP contribution in [-0.2, 0) is 6.54 Å². The summed E-state index contributed by atoms with van der Waals surface area (Å²) < 4.78 is 2.31. The number of hydrogen-bond acceptors (Lipinski definition) is 2. The van der Waals surface area contributed by atoms with Crippen LogP contribution in [0, 0.1) is 13.8 Å². The van der Waals surface area contributed by atoms with Crippen molar-refractivity contribution in [2.75, 3.05) is 0 Å². The molecule has 3 rings (SSSR count). The molecular formula is C20H21N3. The molecule has 23 heavy (non-hydrogen) atoms. The number of nitrogens with zero attached hydrogens (tertiary/aromatic N) is 3. The van der Waals surface area contributed by atoms with Gasteiger partial charge in [0.1, 0.15) is 5.69 Å². The predicted molar refractivity (Wildman–Crippen MR) is 97.2 cm³/mol. The van der Waals surface area contributed by atoms with E-state index in [0.717, 1.165) is 23.3 Å². The maximum Gasteiger partial charge on any atom is 0.110 e. The number of benzene rings is 1. The highest BCUT2D eigenvalue weighted by Crippen LogP contribution is 2.27. The third-order valence-corrected chi connectivity index (χ3v) is 4.23. The highest BCUT2D eigenvalue weighted by molar-refractivity contribution is 5.91. The summed E-state index contributed by atoms with van der Waals surface area (Å²) >= 11 is 0. The molecule has 1 aromatic carbocycles. The highest BCUT2D eigenvalue weighted by Gasteiger charge is 2.13. The number of allylic oxidation sites excluding steroid dienone is 2. The van der Waals surface area contributed by atoms with Gasteiger partial charge in [-0.05, 0) is 38.0 Å². The molecular weight excluding hydrogens is 282 g/mol. The van der Waals surface area contributed by atoms with Crippen LogP contribution in [0.25, 0.3) is 23.1 Å². The molecule has 0 atom stereocenters. The van der Waals surface area contributed by atoms with Gasteiger partial charge in [-0.3, -0.25) is 0 Å². The first-order valence-electron chi connectivity index (χ1n) is 7.87. The lowest BCUT2D eigenvalue weighted by Crippen LogP contribution is -2.00. The van der Waals surface area contributed by atoms with Gasteiger partial charge in [0.25, 0.3) is 0 Å². The molecule has 2 aromatic heterocycles. The molecule has 3 nitrogen and oxygen atoms in total. The molecule has 0 saturated carbocycles. The lowest BCUT2D eigenvalue weighted by molar-refractivity contribution is 0.817. The Morgan fingerprint density at radius 2 is 1.87 bits per heavy atom. The van der Waals surface area contributed by atoms with Crippen LogP contribution < -0.4 is 0 Å². The molecule has 0 radical (unpaired) electrons. The average Bonchev–Trinajstić information content (AvgIpc) is 2.84. The summed E-state index contributed by atoms with van der Waals surface area (Å²) in [5, 5.41) is 9.73. The molecule has 0 aliphatic rings. The third-order valence-electron chi connectivity index (χ3n) is 4.23. The van der Waals surface area contributed by atoms with Gasteiger partial charge in [0.05, 0.1) is 11.7 Å². The van der Waals surface area contributed by atoms with Crippen LogP contribution in [0.5, 0.6) is 0 Å². The second-order valence-electron chi connectivity index (χ2n) is 5.63. The molecule has 0 fully saturated rings. The van der Waals surface area contributed by atoms with Gasteiger partial charge in [-0.25, -0.2) is 0 Å². The largest absolute Gasteiger partial charge is 0.339 e. The van der Waals surface area contributed by atoms with Gasteiger partial charge in [-0.2, -0.15) is 5.10 Å². The molecule has 0 unspecified atom stereocenters. The van der Waals surface area contributed by atoms with Crippen LogP contribution in [0.4, 0.5) is 0 Å². The minimum atomic E-state index is 0.852. The van der Waals surface area contributed by atoms with Crippen molar-refractivity contribution in [3.63, 3.8) is 0 Å². The summed E-state index contributed by atoms with van der Waals surface area (Å²) in [5.74, 6) is 0. The van der Waals surface area contributed by atoms with Crippen LogP contribution in [-0.4, -0.2) is 14.8 Å². The number of aryl methyl sites for hydroxylation is 1. The summed E-state index contributed by atoms with van der Waals surface area (Å²) in [4.78, 5) is 0. The standard InChI is InChI=1S/C20H21N3/c1-4-5-13-23-16(3)15(2)18-14-21-22-19(20(18)23)12-11-17-9-7-6-8-10-17/h4-12,14H,13H2,1-3H3. The Labute approximate surface area is 137 Å². The Bertz CT molecular complexity index is 871. The van der Waals surface area contributed by atoms with Crippen molar-refractivity contribution in [3.8, 4) is 0 Å². The van der Waals surface area contributed by atoms with E-state index in [4.69, 9.17) is 0 Å². The zero-order valence-electron chi connectivity index (χ0n) is 13.8. The first-order valence-corrected chi connectivity index (χ1v) is 7.87. The molecule has 3 heteroatoms. The van der Waals surface area contributed by atoms with Gasteiger partial charge in [0.15, 0.2) is 0 Å². The molecule has 0 amide bonds. The van der Waals surface area contributed by atoms with Crippen LogP contribution in [0.15, 0.2) is 48.7 Å². The van der Waals surface area contributed by atoms with Crippen molar-refractivity contribution >= 4 is 23.1 Å². The molecule has 0 N–H and O–H groups in total. The Kier molecular flexibility index (Phi) is 4.38. The number of rotatable bonds is 4. The summed E-state index contributed by atoms with van der Waals surface area (Å²) in [6.07, 6.45) is 10.2. The average molecular weight is 303 g/mol. The van der Waals surface area contributed by atoms with E-state index in [-0.39, 0.29) is 0 Å². The first kappa shape index (κ1) is 15.2. The molecule has 0 saturated heterocycles. The molecule has 0 spiro atoms. The molecule has 0 bridgehead atoms. The smallest absolute Gasteiger partial charge is 0.110 e. The van der Waals surface area contributed by atoms with E-state index in [2.05, 4.69) is 65.0 Å². The highest BCUT2D eigenvalue weighted by atomic mass is 15.1. The Balaban J connectivity index is 2.13. The zero-order chi connectivity index (χ0) is 16.2. The van der Waals surface area contributed by atoms with E-state index in [9.17, 15) is 0 Å². The molecule has 0 aliphatic heterocycles. The Hall–Kier alpha value is -2.68. The third kappa shape index (κ3) is 2.95. The van der Waals surface area contributed by atoms with E-state index in [0.29, 0.717) is 0 Å². The maximum absolute atomic E-state index is 4.36. The monoisotopic (exact) mass is 303 g/mol. The fraction of sp³-hybridized carbons (Fsp3) is 0.200. The predicted octanol–water partition coefficient (Wildman–Crippen LogP) is 4.79. The SMILES string of the molecule is CC=CCn1c(C)c(C)c2cnnc(C=Cc3ccccc3)c21. The number of hydrogen-bond donors (Lipinski definition) is 0. The minimum absolute atomic E-state index is 0.852. The summed E-state index contributed by atoms with van der Waals surface area (Å²) in [5.41, 5.74) is 5.76. The lowest BCUT2D eigenvalue weighted by Gasteiger charge is -2.06. The lowest BCUT2D eigenvalue weighted by atomic mass is 10.1. The van der Waals surface area contributed by atoms with Crippen molar-refractivity contribution in [2.45, 2.75) is 27.3 Å². The summed E-state index contributed by atoms with van der Waals surface area (Å²) in [6, 6.07) is 10.3. The van der Waals surface area contributed by atoms with Gasteiger partial charge in [-0.1, -0.05) is 48.6 Å². The van der Waals surface area contributed by atoms with Gasteiger partial charge in [0, 0.05) is 17.6 Å². The van der Waals surface area contributed by atoms with Crippen molar-refractivity contribution in [1.29, 1.82) is 0 Å².